The summed E-state index contributed by atoms with van der Waals surface area (Å²) >= 11 is 1.56. The number of fused-ring (bicyclic) bond motifs is 1. The topological polar surface area (TPSA) is 43.1 Å². The largest absolute Gasteiger partial charge is 0.235 e. The molecule has 0 atom stereocenters. The number of aryl methyl sites for hydroxylation is 2. The van der Waals surface area contributed by atoms with E-state index < -0.39 is 0 Å². The highest BCUT2D eigenvalue weighted by Gasteiger charge is 2.14. The van der Waals surface area contributed by atoms with Crippen molar-refractivity contribution < 1.29 is 0 Å². The van der Waals surface area contributed by atoms with Crippen molar-refractivity contribution in [2.45, 2.75) is 13.8 Å². The molecule has 0 fully saturated rings. The first-order valence-corrected chi connectivity index (χ1v) is 7.89. The van der Waals surface area contributed by atoms with Gasteiger partial charge in [0, 0.05) is 11.1 Å². The standard InChI is InChI=1S/C17H14N4S/c1-11-5-3-7-13(9-11)15-18-19-17-21(15)20-16(22-17)14-8-4-6-12(2)10-14/h3-10H,1-2H3. The lowest BCUT2D eigenvalue weighted by atomic mass is 10.1. The molecule has 0 aliphatic rings. The van der Waals surface area contributed by atoms with Crippen LogP contribution in [0.3, 0.4) is 0 Å². The van der Waals surface area contributed by atoms with E-state index in [0.717, 1.165) is 26.9 Å². The molecular weight excluding hydrogens is 292 g/mol. The zero-order valence-corrected chi connectivity index (χ0v) is 13.1. The molecule has 2 aromatic heterocycles. The molecule has 0 bridgehead atoms. The first kappa shape index (κ1) is 13.2. The third-order valence-corrected chi connectivity index (χ3v) is 4.48. The fourth-order valence-electron chi connectivity index (χ4n) is 2.48. The molecule has 0 aliphatic heterocycles. The number of hydrogen-bond acceptors (Lipinski definition) is 4. The summed E-state index contributed by atoms with van der Waals surface area (Å²) in [5, 5.41) is 14.2. The zero-order chi connectivity index (χ0) is 15.1. The van der Waals surface area contributed by atoms with E-state index in [1.165, 1.54) is 11.1 Å². The molecule has 4 rings (SSSR count). The van der Waals surface area contributed by atoms with Crippen LogP contribution in [0.25, 0.3) is 26.9 Å². The fraction of sp³-hybridized carbons (Fsp3) is 0.118. The normalized spacial score (nSPS) is 11.2. The van der Waals surface area contributed by atoms with Crippen molar-refractivity contribution in [2.24, 2.45) is 0 Å². The number of hydrogen-bond donors (Lipinski definition) is 0. The van der Waals surface area contributed by atoms with Crippen LogP contribution in [0.1, 0.15) is 11.1 Å². The highest BCUT2D eigenvalue weighted by Crippen LogP contribution is 2.28. The molecule has 2 aromatic carbocycles. The molecule has 4 nitrogen and oxygen atoms in total. The van der Waals surface area contributed by atoms with Gasteiger partial charge in [0.1, 0.15) is 5.01 Å². The van der Waals surface area contributed by atoms with Crippen LogP contribution in [0, 0.1) is 13.8 Å². The van der Waals surface area contributed by atoms with Crippen molar-refractivity contribution in [2.75, 3.05) is 0 Å². The maximum atomic E-state index is 4.70. The molecule has 0 N–H and O–H groups in total. The Bertz CT molecular complexity index is 968. The lowest BCUT2D eigenvalue weighted by molar-refractivity contribution is 0.970. The van der Waals surface area contributed by atoms with Crippen molar-refractivity contribution in [3.8, 4) is 22.0 Å². The van der Waals surface area contributed by atoms with Crippen LogP contribution >= 0.6 is 11.3 Å². The highest BCUT2D eigenvalue weighted by molar-refractivity contribution is 7.19. The Hall–Kier alpha value is -2.53. The number of aromatic nitrogens is 4. The predicted octanol–water partition coefficient (Wildman–Crippen LogP) is 4.14. The maximum Gasteiger partial charge on any atom is 0.235 e. The van der Waals surface area contributed by atoms with Gasteiger partial charge in [0.15, 0.2) is 5.82 Å². The summed E-state index contributed by atoms with van der Waals surface area (Å²) in [7, 11) is 0. The fourth-order valence-corrected chi connectivity index (χ4v) is 3.31. The van der Waals surface area contributed by atoms with E-state index in [-0.39, 0.29) is 0 Å². The summed E-state index contributed by atoms with van der Waals surface area (Å²) < 4.78 is 1.83. The van der Waals surface area contributed by atoms with E-state index >= 15 is 0 Å². The van der Waals surface area contributed by atoms with Gasteiger partial charge in [-0.05, 0) is 26.0 Å². The number of benzene rings is 2. The molecule has 22 heavy (non-hydrogen) atoms. The van der Waals surface area contributed by atoms with Gasteiger partial charge in [0.2, 0.25) is 4.96 Å². The number of rotatable bonds is 2. The quantitative estimate of drug-likeness (QED) is 0.559. The van der Waals surface area contributed by atoms with Crippen molar-refractivity contribution >= 4 is 16.3 Å². The maximum absolute atomic E-state index is 4.70. The van der Waals surface area contributed by atoms with Gasteiger partial charge in [-0.25, -0.2) is 0 Å². The highest BCUT2D eigenvalue weighted by atomic mass is 32.1. The molecular formula is C17H14N4S. The van der Waals surface area contributed by atoms with Crippen LogP contribution in [-0.2, 0) is 0 Å². The van der Waals surface area contributed by atoms with E-state index in [2.05, 4.69) is 60.4 Å². The minimum absolute atomic E-state index is 0.786. The van der Waals surface area contributed by atoms with Gasteiger partial charge in [-0.2, -0.15) is 9.61 Å². The van der Waals surface area contributed by atoms with E-state index in [0.29, 0.717) is 0 Å². The summed E-state index contributed by atoms with van der Waals surface area (Å²) in [5.74, 6) is 0.786. The summed E-state index contributed by atoms with van der Waals surface area (Å²) in [4.78, 5) is 0.813. The Kier molecular flexibility index (Phi) is 3.01. The minimum Gasteiger partial charge on any atom is -0.182 e. The van der Waals surface area contributed by atoms with Crippen molar-refractivity contribution in [3.63, 3.8) is 0 Å². The molecule has 0 amide bonds. The van der Waals surface area contributed by atoms with Gasteiger partial charge in [-0.15, -0.1) is 10.2 Å². The molecule has 4 aromatic rings. The molecule has 0 aliphatic carbocycles. The van der Waals surface area contributed by atoms with Gasteiger partial charge in [0.05, 0.1) is 0 Å². The van der Waals surface area contributed by atoms with E-state index in [1.807, 2.05) is 16.6 Å². The summed E-state index contributed by atoms with van der Waals surface area (Å²) in [6.07, 6.45) is 0. The molecule has 0 unspecified atom stereocenters. The SMILES string of the molecule is Cc1cccc(-c2nn3c(-c4cccc(C)c4)nnc3s2)c1. The van der Waals surface area contributed by atoms with Gasteiger partial charge in [-0.3, -0.25) is 0 Å². The lowest BCUT2D eigenvalue weighted by Gasteiger charge is -1.99. The Morgan fingerprint density at radius 2 is 1.55 bits per heavy atom. The zero-order valence-electron chi connectivity index (χ0n) is 12.3. The Morgan fingerprint density at radius 3 is 2.27 bits per heavy atom. The summed E-state index contributed by atoms with van der Waals surface area (Å²) in [5.41, 5.74) is 4.57. The lowest BCUT2D eigenvalue weighted by Crippen LogP contribution is -1.91. The second kappa shape index (κ2) is 5.03. The second-order valence-electron chi connectivity index (χ2n) is 5.36. The molecule has 108 valence electrons. The van der Waals surface area contributed by atoms with Gasteiger partial charge in [-0.1, -0.05) is 58.9 Å². The average molecular weight is 306 g/mol. The number of nitrogens with zero attached hydrogens (tertiary/aromatic N) is 4. The van der Waals surface area contributed by atoms with Gasteiger partial charge < -0.3 is 0 Å². The Labute approximate surface area is 132 Å². The van der Waals surface area contributed by atoms with Crippen LogP contribution in [-0.4, -0.2) is 19.8 Å². The summed E-state index contributed by atoms with van der Waals surface area (Å²) in [6.45, 7) is 4.16. The van der Waals surface area contributed by atoms with Crippen molar-refractivity contribution in [1.29, 1.82) is 0 Å². The Balaban J connectivity index is 1.86. The van der Waals surface area contributed by atoms with Crippen LogP contribution in [0.5, 0.6) is 0 Å². The van der Waals surface area contributed by atoms with Crippen LogP contribution in [0.15, 0.2) is 48.5 Å². The minimum atomic E-state index is 0.786. The predicted molar refractivity (Wildman–Crippen MR) is 89.0 cm³/mol. The molecule has 0 saturated carbocycles. The smallest absolute Gasteiger partial charge is 0.182 e. The van der Waals surface area contributed by atoms with Gasteiger partial charge in [0.25, 0.3) is 0 Å². The van der Waals surface area contributed by atoms with Crippen LogP contribution in [0.4, 0.5) is 0 Å². The first-order valence-electron chi connectivity index (χ1n) is 7.07. The second-order valence-corrected chi connectivity index (χ2v) is 6.32. The Morgan fingerprint density at radius 1 is 0.864 bits per heavy atom. The van der Waals surface area contributed by atoms with Crippen molar-refractivity contribution in [3.05, 3.63) is 59.7 Å². The monoisotopic (exact) mass is 306 g/mol. The molecule has 5 heteroatoms. The van der Waals surface area contributed by atoms with Crippen LogP contribution in [0.2, 0.25) is 0 Å². The summed E-state index contributed by atoms with van der Waals surface area (Å²) in [6, 6.07) is 16.6. The van der Waals surface area contributed by atoms with E-state index in [4.69, 9.17) is 5.10 Å². The average Bonchev–Trinajstić information content (AvgIpc) is 3.07. The van der Waals surface area contributed by atoms with E-state index in [1.54, 1.807) is 11.3 Å². The van der Waals surface area contributed by atoms with E-state index in [9.17, 15) is 0 Å². The molecule has 0 saturated heterocycles. The molecule has 0 radical (unpaired) electrons. The third kappa shape index (κ3) is 2.19. The first-order chi connectivity index (χ1) is 10.7. The molecule has 0 spiro atoms. The van der Waals surface area contributed by atoms with Crippen LogP contribution < -0.4 is 0 Å². The third-order valence-electron chi connectivity index (χ3n) is 3.53. The van der Waals surface area contributed by atoms with Gasteiger partial charge >= 0.3 is 0 Å². The molecule has 2 heterocycles. The van der Waals surface area contributed by atoms with Crippen molar-refractivity contribution in [1.82, 2.24) is 19.8 Å².